The van der Waals surface area contributed by atoms with Crippen molar-refractivity contribution in [2.24, 2.45) is 5.73 Å². The van der Waals surface area contributed by atoms with Gasteiger partial charge in [0.1, 0.15) is 11.5 Å². The van der Waals surface area contributed by atoms with Gasteiger partial charge in [0.25, 0.3) is 0 Å². The molecule has 0 fully saturated rings. The van der Waals surface area contributed by atoms with Crippen LogP contribution in [-0.2, 0) is 6.54 Å². The number of aryl methyl sites for hydroxylation is 1. The zero-order valence-corrected chi connectivity index (χ0v) is 11.9. The van der Waals surface area contributed by atoms with Gasteiger partial charge in [-0.15, -0.1) is 0 Å². The van der Waals surface area contributed by atoms with Crippen LogP contribution in [0.4, 0.5) is 0 Å². The minimum atomic E-state index is 0.418. The third kappa shape index (κ3) is 2.24. The Labute approximate surface area is 111 Å². The second-order valence-electron chi connectivity index (χ2n) is 3.57. The summed E-state index contributed by atoms with van der Waals surface area (Å²) in [4.78, 5) is 0. The van der Waals surface area contributed by atoms with Gasteiger partial charge in [0.15, 0.2) is 0 Å². The molecule has 84 valence electrons. The van der Waals surface area contributed by atoms with E-state index in [4.69, 9.17) is 10.2 Å². The summed E-state index contributed by atoms with van der Waals surface area (Å²) < 4.78 is 7.66. The van der Waals surface area contributed by atoms with E-state index < -0.39 is 0 Å². The van der Waals surface area contributed by atoms with Crippen LogP contribution in [0, 0.1) is 6.92 Å². The first kappa shape index (κ1) is 11.9. The fourth-order valence-electron chi connectivity index (χ4n) is 1.56. The van der Waals surface area contributed by atoms with Crippen molar-refractivity contribution in [3.05, 3.63) is 44.5 Å². The molecule has 0 saturated carbocycles. The zero-order chi connectivity index (χ0) is 11.7. The lowest BCUT2D eigenvalue weighted by Crippen LogP contribution is -1.92. The van der Waals surface area contributed by atoms with Gasteiger partial charge >= 0.3 is 0 Å². The van der Waals surface area contributed by atoms with Crippen LogP contribution in [0.5, 0.6) is 0 Å². The third-order valence-electron chi connectivity index (χ3n) is 2.30. The summed E-state index contributed by atoms with van der Waals surface area (Å²) in [5.74, 6) is 1.61. The van der Waals surface area contributed by atoms with Crippen molar-refractivity contribution in [3.8, 4) is 11.3 Å². The number of nitrogens with two attached hydrogens (primary N) is 1. The number of rotatable bonds is 2. The molecule has 0 atom stereocenters. The second kappa shape index (κ2) is 4.73. The van der Waals surface area contributed by atoms with E-state index in [0.29, 0.717) is 6.54 Å². The molecule has 1 aromatic heterocycles. The van der Waals surface area contributed by atoms with Crippen LogP contribution in [0.2, 0.25) is 0 Å². The van der Waals surface area contributed by atoms with Crippen LogP contribution in [0.3, 0.4) is 0 Å². The highest BCUT2D eigenvalue weighted by atomic mass is 79.9. The van der Waals surface area contributed by atoms with Crippen LogP contribution in [0.1, 0.15) is 11.3 Å². The Balaban J connectivity index is 2.55. The number of hydrogen-bond donors (Lipinski definition) is 1. The van der Waals surface area contributed by atoms with E-state index in [1.54, 1.807) is 0 Å². The van der Waals surface area contributed by atoms with Gasteiger partial charge in [0.2, 0.25) is 0 Å². The molecular formula is C12H11Br2NO. The molecule has 0 unspecified atom stereocenters. The van der Waals surface area contributed by atoms with Gasteiger partial charge in [-0.1, -0.05) is 0 Å². The molecule has 2 N–H and O–H groups in total. The fourth-order valence-corrected chi connectivity index (χ4v) is 3.36. The molecule has 1 heterocycles. The maximum absolute atomic E-state index is 5.64. The van der Waals surface area contributed by atoms with Crippen molar-refractivity contribution in [1.29, 1.82) is 0 Å². The maximum atomic E-state index is 5.64. The predicted octanol–water partition coefficient (Wildman–Crippen LogP) is 4.24. The summed E-state index contributed by atoms with van der Waals surface area (Å²) in [6.07, 6.45) is 0. The first-order chi connectivity index (χ1) is 7.61. The number of halogens is 2. The standard InChI is InChI=1S/C12H11Br2NO/c1-7-4-9(13)12(10(14)5-7)11-3-2-8(6-15)16-11/h2-5H,6,15H2,1H3. The average Bonchev–Trinajstić information content (AvgIpc) is 2.64. The topological polar surface area (TPSA) is 39.2 Å². The minimum absolute atomic E-state index is 0.418. The summed E-state index contributed by atoms with van der Waals surface area (Å²) in [6.45, 7) is 2.47. The van der Waals surface area contributed by atoms with Crippen LogP contribution >= 0.6 is 31.9 Å². The van der Waals surface area contributed by atoms with Crippen LogP contribution in [-0.4, -0.2) is 0 Å². The second-order valence-corrected chi connectivity index (χ2v) is 5.28. The molecule has 1 aromatic carbocycles. The van der Waals surface area contributed by atoms with Crippen molar-refractivity contribution < 1.29 is 4.42 Å². The van der Waals surface area contributed by atoms with E-state index in [2.05, 4.69) is 44.0 Å². The SMILES string of the molecule is Cc1cc(Br)c(-c2ccc(CN)o2)c(Br)c1. The largest absolute Gasteiger partial charge is 0.460 e. The Bertz CT molecular complexity index is 496. The summed E-state index contributed by atoms with van der Waals surface area (Å²) in [5, 5.41) is 0. The van der Waals surface area contributed by atoms with Crippen molar-refractivity contribution in [1.82, 2.24) is 0 Å². The number of hydrogen-bond acceptors (Lipinski definition) is 2. The van der Waals surface area contributed by atoms with Gasteiger partial charge in [0.05, 0.1) is 6.54 Å². The molecule has 0 amide bonds. The third-order valence-corrected chi connectivity index (χ3v) is 3.55. The van der Waals surface area contributed by atoms with Crippen LogP contribution < -0.4 is 5.73 Å². The normalized spacial score (nSPS) is 10.8. The number of furan rings is 1. The van der Waals surface area contributed by atoms with Crippen molar-refractivity contribution in [2.75, 3.05) is 0 Å². The quantitative estimate of drug-likeness (QED) is 0.885. The van der Waals surface area contributed by atoms with Gasteiger partial charge in [-0.25, -0.2) is 0 Å². The van der Waals surface area contributed by atoms with Crippen molar-refractivity contribution in [2.45, 2.75) is 13.5 Å². The lowest BCUT2D eigenvalue weighted by Gasteiger charge is -2.06. The molecule has 0 bridgehead atoms. The molecule has 16 heavy (non-hydrogen) atoms. The molecule has 0 saturated heterocycles. The van der Waals surface area contributed by atoms with Crippen LogP contribution in [0.15, 0.2) is 37.6 Å². The van der Waals surface area contributed by atoms with E-state index >= 15 is 0 Å². The lowest BCUT2D eigenvalue weighted by atomic mass is 10.1. The highest BCUT2D eigenvalue weighted by molar-refractivity contribution is 9.11. The molecule has 0 aliphatic rings. The predicted molar refractivity (Wildman–Crippen MR) is 72.2 cm³/mol. The Kier molecular flexibility index (Phi) is 3.52. The molecular weight excluding hydrogens is 334 g/mol. The first-order valence-electron chi connectivity index (χ1n) is 4.86. The van der Waals surface area contributed by atoms with E-state index in [1.807, 2.05) is 19.1 Å². The average molecular weight is 345 g/mol. The zero-order valence-electron chi connectivity index (χ0n) is 8.76. The molecule has 2 nitrogen and oxygen atoms in total. The van der Waals surface area contributed by atoms with Gasteiger partial charge in [-0.2, -0.15) is 0 Å². The Morgan fingerprint density at radius 1 is 1.19 bits per heavy atom. The summed E-state index contributed by atoms with van der Waals surface area (Å²) in [6, 6.07) is 7.95. The van der Waals surface area contributed by atoms with Gasteiger partial charge in [-0.3, -0.25) is 0 Å². The van der Waals surface area contributed by atoms with Crippen LogP contribution in [0.25, 0.3) is 11.3 Å². The highest BCUT2D eigenvalue weighted by Crippen LogP contribution is 2.36. The van der Waals surface area contributed by atoms with Crippen molar-refractivity contribution >= 4 is 31.9 Å². The highest BCUT2D eigenvalue weighted by Gasteiger charge is 2.12. The smallest absolute Gasteiger partial charge is 0.136 e. The maximum Gasteiger partial charge on any atom is 0.136 e. The molecule has 4 heteroatoms. The monoisotopic (exact) mass is 343 g/mol. The summed E-state index contributed by atoms with van der Waals surface area (Å²) >= 11 is 7.09. The summed E-state index contributed by atoms with van der Waals surface area (Å²) in [5.41, 5.74) is 7.73. The first-order valence-corrected chi connectivity index (χ1v) is 6.45. The Morgan fingerprint density at radius 2 is 1.81 bits per heavy atom. The fraction of sp³-hybridized carbons (Fsp3) is 0.167. The lowest BCUT2D eigenvalue weighted by molar-refractivity contribution is 0.525. The molecule has 2 aromatic rings. The van der Waals surface area contributed by atoms with Gasteiger partial charge < -0.3 is 10.2 Å². The molecule has 0 radical (unpaired) electrons. The summed E-state index contributed by atoms with van der Waals surface area (Å²) in [7, 11) is 0. The van der Waals surface area contributed by atoms with Crippen molar-refractivity contribution in [3.63, 3.8) is 0 Å². The minimum Gasteiger partial charge on any atom is -0.460 e. The Morgan fingerprint density at radius 3 is 2.31 bits per heavy atom. The van der Waals surface area contributed by atoms with E-state index in [0.717, 1.165) is 26.0 Å². The molecule has 0 aliphatic carbocycles. The van der Waals surface area contributed by atoms with E-state index in [9.17, 15) is 0 Å². The number of benzene rings is 1. The Hall–Kier alpha value is -0.580. The molecule has 2 rings (SSSR count). The van der Waals surface area contributed by atoms with E-state index in [-0.39, 0.29) is 0 Å². The van der Waals surface area contributed by atoms with Gasteiger partial charge in [0, 0.05) is 14.5 Å². The van der Waals surface area contributed by atoms with E-state index in [1.165, 1.54) is 5.56 Å². The molecule has 0 aliphatic heterocycles. The van der Waals surface area contributed by atoms with Gasteiger partial charge in [-0.05, 0) is 68.6 Å². The molecule has 0 spiro atoms.